The summed E-state index contributed by atoms with van der Waals surface area (Å²) in [5, 5.41) is 7.00. The number of rotatable bonds is 0. The monoisotopic (exact) mass is 662 g/mol. The summed E-state index contributed by atoms with van der Waals surface area (Å²) >= 11 is 12.5. The summed E-state index contributed by atoms with van der Waals surface area (Å²) in [5.41, 5.74) is 5.40. The van der Waals surface area contributed by atoms with Gasteiger partial charge in [-0.3, -0.25) is 0 Å². The number of hydrogen-bond donors (Lipinski definition) is 0. The van der Waals surface area contributed by atoms with Gasteiger partial charge in [0.1, 0.15) is 0 Å². The molecule has 0 aromatic rings. The second-order valence-corrected chi connectivity index (χ2v) is 19.9. The zero-order valence-electron chi connectivity index (χ0n) is 19.0. The minimum absolute atomic E-state index is 0.210. The maximum absolute atomic E-state index is 3.53. The van der Waals surface area contributed by atoms with Gasteiger partial charge in [-0.1, -0.05) is 54.7 Å². The van der Waals surface area contributed by atoms with Crippen molar-refractivity contribution >= 4 is 60.8 Å². The molecule has 0 saturated heterocycles. The van der Waals surface area contributed by atoms with E-state index in [9.17, 15) is 0 Å². The van der Waals surface area contributed by atoms with Crippen molar-refractivity contribution in [1.82, 2.24) is 0 Å². The summed E-state index contributed by atoms with van der Waals surface area (Å²) in [6, 6.07) is 0. The SMILES string of the molecule is CC1=CC2=C(Br)CSC2=[C-]1.CC1=CC2=C(Br)CSC2=[C-]1.C[N-]C.C[N-]C.C[Si](C)=[Zr]. The molecule has 0 spiro atoms. The average molecular weight is 666 g/mol. The van der Waals surface area contributed by atoms with Gasteiger partial charge in [-0.15, -0.1) is 33.3 Å². The van der Waals surface area contributed by atoms with Crippen LogP contribution in [0.1, 0.15) is 13.8 Å². The summed E-state index contributed by atoms with van der Waals surface area (Å²) in [7, 11) is 7.00. The zero-order chi connectivity index (χ0) is 23.3. The predicted octanol–water partition coefficient (Wildman–Crippen LogP) is 8.08. The van der Waals surface area contributed by atoms with E-state index in [1.807, 2.05) is 23.5 Å². The molecule has 4 aliphatic rings. The van der Waals surface area contributed by atoms with Gasteiger partial charge in [-0.25, -0.2) is 12.2 Å². The first kappa shape index (κ1) is 31.1. The number of hydrogen-bond acceptors (Lipinski definition) is 2. The molecule has 2 nitrogen and oxygen atoms in total. The molecule has 0 aromatic carbocycles. The summed E-state index contributed by atoms with van der Waals surface area (Å²) in [6.07, 6.45) is 11.0. The molecular formula is C22H30Br2N2S2SiZr-4. The van der Waals surface area contributed by atoms with Gasteiger partial charge in [0, 0.05) is 11.5 Å². The molecule has 2 aliphatic carbocycles. The molecule has 166 valence electrons. The summed E-state index contributed by atoms with van der Waals surface area (Å²) in [4.78, 5) is 2.62. The summed E-state index contributed by atoms with van der Waals surface area (Å²) in [5.74, 6) is 2.17. The van der Waals surface area contributed by atoms with Gasteiger partial charge in [0.15, 0.2) is 0 Å². The first-order valence-electron chi connectivity index (χ1n) is 9.26. The third-order valence-corrected chi connectivity index (χ3v) is 7.35. The Kier molecular flexibility index (Phi) is 18.2. The van der Waals surface area contributed by atoms with Crippen LogP contribution in [0.25, 0.3) is 10.6 Å². The zero-order valence-corrected chi connectivity index (χ0v) is 27.3. The molecule has 0 atom stereocenters. The van der Waals surface area contributed by atoms with Crippen LogP contribution in [0.3, 0.4) is 0 Å². The van der Waals surface area contributed by atoms with Crippen molar-refractivity contribution in [2.75, 3.05) is 39.7 Å². The van der Waals surface area contributed by atoms with Crippen LogP contribution < -0.4 is 0 Å². The molecule has 30 heavy (non-hydrogen) atoms. The van der Waals surface area contributed by atoms with E-state index in [0.717, 1.165) is 11.5 Å². The van der Waals surface area contributed by atoms with Gasteiger partial charge in [0.25, 0.3) is 0 Å². The van der Waals surface area contributed by atoms with Gasteiger partial charge in [-0.05, 0) is 0 Å². The van der Waals surface area contributed by atoms with E-state index in [1.165, 1.54) is 41.1 Å². The van der Waals surface area contributed by atoms with Crippen molar-refractivity contribution < 1.29 is 23.3 Å². The van der Waals surface area contributed by atoms with E-state index in [2.05, 4.69) is 93.7 Å². The average Bonchev–Trinajstić information content (AvgIpc) is 3.36. The molecule has 0 saturated carbocycles. The second kappa shape index (κ2) is 17.6. The fourth-order valence-corrected chi connectivity index (χ4v) is 5.76. The van der Waals surface area contributed by atoms with E-state index in [4.69, 9.17) is 0 Å². The van der Waals surface area contributed by atoms with Gasteiger partial charge >= 0.3 is 41.9 Å². The number of nitrogens with zero attached hydrogens (tertiary/aromatic N) is 2. The second-order valence-electron chi connectivity index (χ2n) is 6.67. The van der Waals surface area contributed by atoms with Crippen LogP contribution in [0.15, 0.2) is 53.2 Å². The maximum atomic E-state index is 3.53. The number of allylic oxidation sites excluding steroid dienone is 8. The molecule has 0 fully saturated rings. The Morgan fingerprint density at radius 2 is 1.10 bits per heavy atom. The van der Waals surface area contributed by atoms with Crippen LogP contribution in [0.5, 0.6) is 0 Å². The normalized spacial score (nSPS) is 17.4. The van der Waals surface area contributed by atoms with Crippen molar-refractivity contribution in [2.45, 2.75) is 26.9 Å². The van der Waals surface area contributed by atoms with Gasteiger partial charge in [0.05, 0.1) is 0 Å². The minimum atomic E-state index is 0.210. The fourth-order valence-electron chi connectivity index (χ4n) is 2.19. The van der Waals surface area contributed by atoms with Crippen LogP contribution in [-0.2, 0) is 23.3 Å². The van der Waals surface area contributed by atoms with Crippen LogP contribution >= 0.6 is 55.4 Å². The van der Waals surface area contributed by atoms with Crippen molar-refractivity contribution in [3.05, 3.63) is 76.0 Å². The van der Waals surface area contributed by atoms with Crippen LogP contribution in [0, 0.1) is 12.2 Å². The third kappa shape index (κ3) is 12.4. The molecule has 0 aromatic heterocycles. The Labute approximate surface area is 224 Å². The Morgan fingerprint density at radius 3 is 1.33 bits per heavy atom. The van der Waals surface area contributed by atoms with E-state index in [1.54, 1.807) is 51.5 Å². The molecule has 2 aliphatic heterocycles. The molecule has 8 heteroatoms. The first-order chi connectivity index (χ1) is 14.1. The Balaban J connectivity index is 0.000000395. The number of fused-ring (bicyclic) bond motifs is 2. The molecule has 0 amide bonds. The fraction of sp³-hybridized carbons (Fsp3) is 0.455. The Morgan fingerprint density at radius 1 is 0.833 bits per heavy atom. The quantitative estimate of drug-likeness (QED) is 0.193. The Bertz CT molecular complexity index is 733. The van der Waals surface area contributed by atoms with Crippen molar-refractivity contribution in [3.8, 4) is 0 Å². The molecule has 0 radical (unpaired) electrons. The standard InChI is InChI=1S/2C8H6BrS.2C2H6N.C2H6Si.Zr/c2*1-5-2-6-7(9)4-10-8(6)3-5;3*1-3-2;/h2*2H,4H2,1H3;3*1-2H3;/q4*-1;;. The van der Waals surface area contributed by atoms with Gasteiger partial charge < -0.3 is 10.6 Å². The number of thioether (sulfide) groups is 2. The third-order valence-electron chi connectivity index (χ3n) is 3.10. The van der Waals surface area contributed by atoms with Crippen molar-refractivity contribution in [3.63, 3.8) is 0 Å². The van der Waals surface area contributed by atoms with Crippen LogP contribution in [0.4, 0.5) is 0 Å². The van der Waals surface area contributed by atoms with E-state index >= 15 is 0 Å². The molecule has 4 rings (SSSR count). The first-order valence-corrected chi connectivity index (χ1v) is 19.0. The van der Waals surface area contributed by atoms with E-state index in [-0.39, 0.29) is 5.43 Å². The summed E-state index contributed by atoms with van der Waals surface area (Å²) in [6.45, 7) is 8.78. The number of halogens is 2. The molecular weight excluding hydrogens is 636 g/mol. The predicted molar refractivity (Wildman–Crippen MR) is 146 cm³/mol. The van der Waals surface area contributed by atoms with Crippen molar-refractivity contribution in [1.29, 1.82) is 0 Å². The van der Waals surface area contributed by atoms with Gasteiger partial charge in [0.2, 0.25) is 0 Å². The Hall–Kier alpha value is 1.12. The molecule has 0 unspecified atom stereocenters. The van der Waals surface area contributed by atoms with Crippen LogP contribution in [0.2, 0.25) is 13.1 Å². The summed E-state index contributed by atoms with van der Waals surface area (Å²) < 4.78 is 2.63. The topological polar surface area (TPSA) is 28.2 Å². The molecule has 2 heterocycles. The van der Waals surface area contributed by atoms with E-state index < -0.39 is 0 Å². The van der Waals surface area contributed by atoms with E-state index in [0.29, 0.717) is 0 Å². The van der Waals surface area contributed by atoms with Crippen molar-refractivity contribution in [2.24, 2.45) is 0 Å². The molecule has 0 bridgehead atoms. The molecule has 0 N–H and O–H groups in total. The van der Waals surface area contributed by atoms with Crippen LogP contribution in [-0.4, -0.2) is 45.1 Å². The van der Waals surface area contributed by atoms with Gasteiger partial charge in [-0.2, -0.15) is 62.6 Å².